The van der Waals surface area contributed by atoms with Crippen molar-refractivity contribution in [3.8, 4) is 0 Å². The van der Waals surface area contributed by atoms with E-state index in [9.17, 15) is 0 Å². The molecule has 0 saturated carbocycles. The first-order valence-corrected chi connectivity index (χ1v) is 8.92. The van der Waals surface area contributed by atoms with Crippen LogP contribution in [0, 0.1) is 0 Å². The average molecular weight is 351 g/mol. The van der Waals surface area contributed by atoms with Crippen LogP contribution in [-0.4, -0.2) is 24.9 Å². The number of aliphatic imine (C=N–C) groups is 1. The molecule has 0 atom stereocenters. The number of rotatable bonds is 6. The van der Waals surface area contributed by atoms with Crippen molar-refractivity contribution in [3.05, 3.63) is 59.7 Å². The molecule has 0 aliphatic heterocycles. The van der Waals surface area contributed by atoms with Crippen LogP contribution in [0.25, 0.3) is 21.7 Å². The number of fused-ring (bicyclic) bond motifs is 1. The minimum absolute atomic E-state index is 0.351. The standard InChI is InChI=1S/C20H21N3OS/c1-13(2)22-20-23-16-11-10-15(12-17(16)25-20)19(24-4)18(21-3)14-8-6-5-7-9-14/h5-13H,3H2,1-2,4H3,(H,22,23)/b19-18-. The third kappa shape index (κ3) is 3.72. The summed E-state index contributed by atoms with van der Waals surface area (Å²) >= 11 is 1.64. The van der Waals surface area contributed by atoms with E-state index in [4.69, 9.17) is 4.74 Å². The maximum absolute atomic E-state index is 5.68. The van der Waals surface area contributed by atoms with E-state index >= 15 is 0 Å². The fraction of sp³-hybridized carbons (Fsp3) is 0.200. The number of nitrogens with one attached hydrogen (secondary N) is 1. The number of methoxy groups -OCH3 is 1. The van der Waals surface area contributed by atoms with E-state index in [0.717, 1.165) is 32.2 Å². The second kappa shape index (κ2) is 7.49. The second-order valence-corrected chi connectivity index (χ2v) is 6.94. The Bertz CT molecular complexity index is 913. The van der Waals surface area contributed by atoms with Crippen LogP contribution in [0.4, 0.5) is 5.13 Å². The van der Waals surface area contributed by atoms with E-state index in [1.807, 2.05) is 42.5 Å². The zero-order valence-corrected chi connectivity index (χ0v) is 15.4. The maximum Gasteiger partial charge on any atom is 0.183 e. The van der Waals surface area contributed by atoms with E-state index in [2.05, 4.69) is 41.9 Å². The lowest BCUT2D eigenvalue weighted by molar-refractivity contribution is 0.371. The van der Waals surface area contributed by atoms with Crippen molar-refractivity contribution in [2.75, 3.05) is 12.4 Å². The largest absolute Gasteiger partial charge is 0.494 e. The fourth-order valence-corrected chi connectivity index (χ4v) is 3.67. The molecule has 0 fully saturated rings. The number of ether oxygens (including phenoxy) is 1. The SMILES string of the molecule is C=N/C(=C(\OC)c1ccc2nc(NC(C)C)sc2c1)c1ccccc1. The van der Waals surface area contributed by atoms with Crippen molar-refractivity contribution >= 4 is 44.9 Å². The summed E-state index contributed by atoms with van der Waals surface area (Å²) in [7, 11) is 1.66. The Morgan fingerprint density at radius 1 is 1.16 bits per heavy atom. The van der Waals surface area contributed by atoms with Gasteiger partial charge in [-0.2, -0.15) is 0 Å². The highest BCUT2D eigenvalue weighted by Crippen LogP contribution is 2.32. The second-order valence-electron chi connectivity index (χ2n) is 5.91. The van der Waals surface area contributed by atoms with Gasteiger partial charge in [-0.15, -0.1) is 0 Å². The fourth-order valence-electron chi connectivity index (χ4n) is 2.62. The van der Waals surface area contributed by atoms with Crippen LogP contribution < -0.4 is 5.32 Å². The Morgan fingerprint density at radius 2 is 1.92 bits per heavy atom. The quantitative estimate of drug-likeness (QED) is 0.373. The zero-order chi connectivity index (χ0) is 17.8. The summed E-state index contributed by atoms with van der Waals surface area (Å²) in [6.45, 7) is 7.93. The van der Waals surface area contributed by atoms with Gasteiger partial charge in [0, 0.05) is 17.2 Å². The van der Waals surface area contributed by atoms with Gasteiger partial charge in [-0.3, -0.25) is 4.99 Å². The average Bonchev–Trinajstić information content (AvgIpc) is 3.00. The highest BCUT2D eigenvalue weighted by molar-refractivity contribution is 7.22. The molecule has 0 aliphatic rings. The molecule has 1 N–H and O–H groups in total. The Labute approximate surface area is 151 Å². The van der Waals surface area contributed by atoms with E-state index in [-0.39, 0.29) is 0 Å². The van der Waals surface area contributed by atoms with E-state index in [1.165, 1.54) is 0 Å². The molecular formula is C20H21N3OS. The molecule has 25 heavy (non-hydrogen) atoms. The van der Waals surface area contributed by atoms with Gasteiger partial charge in [0.2, 0.25) is 0 Å². The summed E-state index contributed by atoms with van der Waals surface area (Å²) in [5.41, 5.74) is 3.63. The number of hydrogen-bond acceptors (Lipinski definition) is 5. The first kappa shape index (κ1) is 17.2. The number of aromatic nitrogens is 1. The normalized spacial score (nSPS) is 12.2. The lowest BCUT2D eigenvalue weighted by Gasteiger charge is -2.11. The molecule has 1 aromatic heterocycles. The van der Waals surface area contributed by atoms with Crippen molar-refractivity contribution in [2.45, 2.75) is 19.9 Å². The Morgan fingerprint density at radius 3 is 2.56 bits per heavy atom. The van der Waals surface area contributed by atoms with Gasteiger partial charge in [0.05, 0.1) is 17.3 Å². The smallest absolute Gasteiger partial charge is 0.183 e. The molecule has 0 spiro atoms. The molecule has 0 unspecified atom stereocenters. The summed E-state index contributed by atoms with van der Waals surface area (Å²) in [4.78, 5) is 8.83. The van der Waals surface area contributed by atoms with Gasteiger partial charge in [0.25, 0.3) is 0 Å². The van der Waals surface area contributed by atoms with Crippen LogP contribution in [0.15, 0.2) is 53.5 Å². The molecule has 0 radical (unpaired) electrons. The molecule has 128 valence electrons. The van der Waals surface area contributed by atoms with Gasteiger partial charge in [-0.05, 0) is 38.8 Å². The summed E-state index contributed by atoms with van der Waals surface area (Å²) in [5, 5.41) is 4.28. The monoisotopic (exact) mass is 351 g/mol. The third-order valence-electron chi connectivity index (χ3n) is 3.69. The van der Waals surface area contributed by atoms with Crippen LogP contribution >= 0.6 is 11.3 Å². The van der Waals surface area contributed by atoms with Crippen LogP contribution in [0.5, 0.6) is 0 Å². The van der Waals surface area contributed by atoms with Gasteiger partial charge in [0.1, 0.15) is 5.70 Å². The first-order valence-electron chi connectivity index (χ1n) is 8.10. The highest BCUT2D eigenvalue weighted by atomic mass is 32.1. The molecule has 4 nitrogen and oxygen atoms in total. The van der Waals surface area contributed by atoms with Crippen LogP contribution in [-0.2, 0) is 4.74 Å². The molecule has 0 bridgehead atoms. The van der Waals surface area contributed by atoms with Crippen LogP contribution in [0.3, 0.4) is 0 Å². The van der Waals surface area contributed by atoms with Gasteiger partial charge >= 0.3 is 0 Å². The Hall–Kier alpha value is -2.66. The molecule has 3 rings (SSSR count). The number of thiazole rings is 1. The third-order valence-corrected chi connectivity index (χ3v) is 4.64. The Kier molecular flexibility index (Phi) is 5.14. The zero-order valence-electron chi connectivity index (χ0n) is 14.6. The van der Waals surface area contributed by atoms with Crippen molar-refractivity contribution < 1.29 is 4.74 Å². The number of nitrogens with zero attached hydrogens (tertiary/aromatic N) is 2. The maximum atomic E-state index is 5.68. The van der Waals surface area contributed by atoms with Crippen molar-refractivity contribution in [1.29, 1.82) is 0 Å². The topological polar surface area (TPSA) is 46.5 Å². The molecule has 1 heterocycles. The summed E-state index contributed by atoms with van der Waals surface area (Å²) in [6.07, 6.45) is 0. The molecule has 0 saturated heterocycles. The van der Waals surface area contributed by atoms with Crippen LogP contribution in [0.1, 0.15) is 25.0 Å². The minimum atomic E-state index is 0.351. The summed E-state index contributed by atoms with van der Waals surface area (Å²) in [5.74, 6) is 0.704. The number of benzene rings is 2. The molecule has 5 heteroatoms. The molecule has 0 amide bonds. The molecule has 2 aromatic carbocycles. The van der Waals surface area contributed by atoms with Crippen molar-refractivity contribution in [1.82, 2.24) is 4.98 Å². The van der Waals surface area contributed by atoms with Crippen molar-refractivity contribution in [3.63, 3.8) is 0 Å². The number of anilines is 1. The minimum Gasteiger partial charge on any atom is -0.494 e. The summed E-state index contributed by atoms with van der Waals surface area (Å²) < 4.78 is 6.78. The van der Waals surface area contributed by atoms with Gasteiger partial charge < -0.3 is 10.1 Å². The van der Waals surface area contributed by atoms with E-state index in [1.54, 1.807) is 18.4 Å². The molecule has 3 aromatic rings. The highest BCUT2D eigenvalue weighted by Gasteiger charge is 2.13. The summed E-state index contributed by atoms with van der Waals surface area (Å²) in [6, 6.07) is 16.4. The van der Waals surface area contributed by atoms with E-state index in [0.29, 0.717) is 11.8 Å². The Balaban J connectivity index is 2.08. The van der Waals surface area contributed by atoms with Crippen molar-refractivity contribution in [2.24, 2.45) is 4.99 Å². The predicted octanol–water partition coefficient (Wildman–Crippen LogP) is 5.29. The molecule has 0 aliphatic carbocycles. The van der Waals surface area contributed by atoms with E-state index < -0.39 is 0 Å². The van der Waals surface area contributed by atoms with Gasteiger partial charge in [-0.1, -0.05) is 41.7 Å². The molecular weight excluding hydrogens is 330 g/mol. The first-order chi connectivity index (χ1) is 12.1. The lowest BCUT2D eigenvalue weighted by atomic mass is 10.1. The van der Waals surface area contributed by atoms with Gasteiger partial charge in [0.15, 0.2) is 10.9 Å². The lowest BCUT2D eigenvalue weighted by Crippen LogP contribution is -2.08. The predicted molar refractivity (Wildman–Crippen MR) is 108 cm³/mol. The van der Waals surface area contributed by atoms with Crippen LogP contribution in [0.2, 0.25) is 0 Å². The number of hydrogen-bond donors (Lipinski definition) is 1. The van der Waals surface area contributed by atoms with Gasteiger partial charge in [-0.25, -0.2) is 4.98 Å².